The zero-order chi connectivity index (χ0) is 22.0. The molecule has 0 saturated carbocycles. The number of morpholine rings is 1. The molecule has 3 aromatic rings. The minimum absolute atomic E-state index is 0.00408. The number of pyridine rings is 1. The predicted molar refractivity (Wildman–Crippen MR) is 122 cm³/mol. The molecule has 0 unspecified atom stereocenters. The number of hydrogen-bond acceptors (Lipinski definition) is 6. The molecule has 4 rings (SSSR count). The first-order valence-electron chi connectivity index (χ1n) is 9.44. The van der Waals surface area contributed by atoms with Crippen LogP contribution in [-0.2, 0) is 14.6 Å². The van der Waals surface area contributed by atoms with Gasteiger partial charge in [0.1, 0.15) is 16.8 Å². The molecule has 158 valence electrons. The summed E-state index contributed by atoms with van der Waals surface area (Å²) in [5, 5.41) is 10.8. The first kappa shape index (κ1) is 21.6. The summed E-state index contributed by atoms with van der Waals surface area (Å²) in [6, 6.07) is 15.3. The third kappa shape index (κ3) is 4.39. The highest BCUT2D eigenvalue weighted by Gasteiger charge is 2.25. The van der Waals surface area contributed by atoms with Crippen molar-refractivity contribution in [1.82, 2.24) is 4.98 Å². The van der Waals surface area contributed by atoms with Gasteiger partial charge in [-0.1, -0.05) is 41.4 Å². The van der Waals surface area contributed by atoms with Gasteiger partial charge in [0, 0.05) is 29.1 Å². The number of benzene rings is 2. The van der Waals surface area contributed by atoms with Gasteiger partial charge in [-0.25, -0.2) is 13.4 Å². The van der Waals surface area contributed by atoms with Gasteiger partial charge in [-0.2, -0.15) is 5.26 Å². The lowest BCUT2D eigenvalue weighted by atomic mass is 10.1. The Bertz CT molecular complexity index is 1330. The van der Waals surface area contributed by atoms with Crippen molar-refractivity contribution in [3.63, 3.8) is 0 Å². The first-order valence-corrected chi connectivity index (χ1v) is 11.7. The zero-order valence-corrected chi connectivity index (χ0v) is 18.6. The topological polar surface area (TPSA) is 83.3 Å². The van der Waals surface area contributed by atoms with E-state index in [1.807, 2.05) is 41.3 Å². The molecule has 6 nitrogen and oxygen atoms in total. The summed E-state index contributed by atoms with van der Waals surface area (Å²) in [5.74, 6) is 0.599. The smallest absolute Gasteiger partial charge is 0.218 e. The Kier molecular flexibility index (Phi) is 6.17. The van der Waals surface area contributed by atoms with Crippen molar-refractivity contribution in [2.45, 2.75) is 4.90 Å². The molecule has 9 heteroatoms. The van der Waals surface area contributed by atoms with Crippen LogP contribution < -0.4 is 4.90 Å². The van der Waals surface area contributed by atoms with Gasteiger partial charge in [0.15, 0.2) is 0 Å². The third-order valence-corrected chi connectivity index (χ3v) is 7.29. The molecule has 2 heterocycles. The van der Waals surface area contributed by atoms with Crippen molar-refractivity contribution in [3.8, 4) is 6.07 Å². The van der Waals surface area contributed by atoms with Crippen LogP contribution in [0.2, 0.25) is 10.0 Å². The number of allylic oxidation sites excluding steroid dienone is 1. The van der Waals surface area contributed by atoms with Crippen LogP contribution in [0.4, 0.5) is 5.82 Å². The summed E-state index contributed by atoms with van der Waals surface area (Å²) in [4.78, 5) is 6.12. The minimum Gasteiger partial charge on any atom is -0.378 e. The number of fused-ring (bicyclic) bond motifs is 1. The lowest BCUT2D eigenvalue weighted by Crippen LogP contribution is -2.37. The van der Waals surface area contributed by atoms with Crippen molar-refractivity contribution >= 4 is 55.8 Å². The number of nitrogens with zero attached hydrogens (tertiary/aromatic N) is 3. The number of para-hydroxylation sites is 1. The number of anilines is 1. The summed E-state index contributed by atoms with van der Waals surface area (Å²) in [7, 11) is -4.19. The SMILES string of the molecule is N#C/C(=C\c1cc2ccccc2nc1N1CCOCC1)S(=O)(=O)c1cc(Cl)ccc1Cl. The van der Waals surface area contributed by atoms with Gasteiger partial charge in [-0.05, 0) is 36.4 Å². The fourth-order valence-corrected chi connectivity index (χ4v) is 5.27. The third-order valence-electron chi connectivity index (χ3n) is 4.91. The van der Waals surface area contributed by atoms with Crippen LogP contribution in [0.15, 0.2) is 58.3 Å². The molecule has 0 atom stereocenters. The van der Waals surface area contributed by atoms with E-state index < -0.39 is 14.7 Å². The number of nitriles is 1. The lowest BCUT2D eigenvalue weighted by molar-refractivity contribution is 0.122. The lowest BCUT2D eigenvalue weighted by Gasteiger charge is -2.29. The summed E-state index contributed by atoms with van der Waals surface area (Å²) in [6.07, 6.45) is 1.34. The van der Waals surface area contributed by atoms with E-state index >= 15 is 0 Å². The van der Waals surface area contributed by atoms with E-state index in [9.17, 15) is 13.7 Å². The molecule has 31 heavy (non-hydrogen) atoms. The standard InChI is InChI=1S/C22H17Cl2N3O3S/c23-17-5-6-19(24)21(13-17)31(28,29)18(14-25)12-16-11-15-3-1-2-4-20(15)26-22(16)27-7-9-30-10-8-27/h1-6,11-13H,7-10H2/b18-12+. The summed E-state index contributed by atoms with van der Waals surface area (Å²) >= 11 is 12.1. The highest BCUT2D eigenvalue weighted by atomic mass is 35.5. The molecule has 1 saturated heterocycles. The van der Waals surface area contributed by atoms with Crippen LogP contribution in [-0.4, -0.2) is 39.7 Å². The van der Waals surface area contributed by atoms with Crippen molar-refractivity contribution in [1.29, 1.82) is 5.26 Å². The molecule has 1 aliphatic rings. The Hall–Kier alpha value is -2.63. The van der Waals surface area contributed by atoms with E-state index in [-0.39, 0.29) is 14.9 Å². The molecule has 0 radical (unpaired) electrons. The number of halogens is 2. The van der Waals surface area contributed by atoms with Gasteiger partial charge in [-0.3, -0.25) is 0 Å². The maximum Gasteiger partial charge on any atom is 0.218 e. The average molecular weight is 474 g/mol. The van der Waals surface area contributed by atoms with E-state index in [2.05, 4.69) is 0 Å². The van der Waals surface area contributed by atoms with Gasteiger partial charge in [-0.15, -0.1) is 0 Å². The molecule has 0 bridgehead atoms. The van der Waals surface area contributed by atoms with E-state index in [0.29, 0.717) is 37.7 Å². The number of sulfone groups is 1. The van der Waals surface area contributed by atoms with Gasteiger partial charge in [0.2, 0.25) is 9.84 Å². The van der Waals surface area contributed by atoms with Crippen LogP contribution in [0, 0.1) is 11.3 Å². The van der Waals surface area contributed by atoms with Crippen molar-refractivity contribution in [2.75, 3.05) is 31.2 Å². The second-order valence-corrected chi connectivity index (χ2v) is 9.62. The largest absolute Gasteiger partial charge is 0.378 e. The molecule has 1 aliphatic heterocycles. The first-order chi connectivity index (χ1) is 14.9. The summed E-state index contributed by atoms with van der Waals surface area (Å²) < 4.78 is 31.8. The fourth-order valence-electron chi connectivity index (χ4n) is 3.37. The van der Waals surface area contributed by atoms with Crippen molar-refractivity contribution in [2.24, 2.45) is 0 Å². The maximum absolute atomic E-state index is 13.2. The Morgan fingerprint density at radius 1 is 1.13 bits per heavy atom. The van der Waals surface area contributed by atoms with E-state index in [1.165, 1.54) is 24.3 Å². The number of ether oxygens (including phenoxy) is 1. The average Bonchev–Trinajstić information content (AvgIpc) is 2.78. The molecule has 0 amide bonds. The number of hydrogen-bond donors (Lipinski definition) is 0. The van der Waals surface area contributed by atoms with Crippen LogP contribution in [0.25, 0.3) is 17.0 Å². The Morgan fingerprint density at radius 2 is 1.87 bits per heavy atom. The molecular formula is C22H17Cl2N3O3S. The quantitative estimate of drug-likeness (QED) is 0.509. The normalized spacial score (nSPS) is 15.1. The zero-order valence-electron chi connectivity index (χ0n) is 16.3. The molecule has 1 fully saturated rings. The summed E-state index contributed by atoms with van der Waals surface area (Å²) in [5.41, 5.74) is 1.30. The highest BCUT2D eigenvalue weighted by molar-refractivity contribution is 7.95. The van der Waals surface area contributed by atoms with Crippen LogP contribution in [0.5, 0.6) is 0 Å². The van der Waals surface area contributed by atoms with Crippen LogP contribution in [0.1, 0.15) is 5.56 Å². The molecule has 1 aromatic heterocycles. The van der Waals surface area contributed by atoms with Crippen LogP contribution in [0.3, 0.4) is 0 Å². The summed E-state index contributed by atoms with van der Waals surface area (Å²) in [6.45, 7) is 2.31. The molecule has 0 N–H and O–H groups in total. The van der Waals surface area contributed by atoms with Gasteiger partial charge >= 0.3 is 0 Å². The van der Waals surface area contributed by atoms with Gasteiger partial charge < -0.3 is 9.64 Å². The predicted octanol–water partition coefficient (Wildman–Crippen LogP) is 4.72. The Balaban J connectivity index is 1.90. The second-order valence-electron chi connectivity index (χ2n) is 6.89. The minimum atomic E-state index is -4.19. The van der Waals surface area contributed by atoms with Gasteiger partial charge in [0.25, 0.3) is 0 Å². The number of aromatic nitrogens is 1. The van der Waals surface area contributed by atoms with Crippen molar-refractivity contribution < 1.29 is 13.2 Å². The van der Waals surface area contributed by atoms with Gasteiger partial charge in [0.05, 0.1) is 28.6 Å². The monoisotopic (exact) mass is 473 g/mol. The number of rotatable bonds is 4. The Labute approximate surface area is 190 Å². The van der Waals surface area contributed by atoms with E-state index in [0.717, 1.165) is 10.9 Å². The molecule has 0 aliphatic carbocycles. The fraction of sp³-hybridized carbons (Fsp3) is 0.182. The molecule has 0 spiro atoms. The Morgan fingerprint density at radius 3 is 2.61 bits per heavy atom. The maximum atomic E-state index is 13.2. The van der Waals surface area contributed by atoms with Crippen molar-refractivity contribution in [3.05, 3.63) is 69.0 Å². The molecule has 2 aromatic carbocycles. The molecular weight excluding hydrogens is 457 g/mol. The van der Waals surface area contributed by atoms with E-state index in [4.69, 9.17) is 32.9 Å². The van der Waals surface area contributed by atoms with Crippen LogP contribution >= 0.6 is 23.2 Å². The second kappa shape index (κ2) is 8.85. The highest BCUT2D eigenvalue weighted by Crippen LogP contribution is 2.32. The van der Waals surface area contributed by atoms with E-state index in [1.54, 1.807) is 0 Å².